The minimum absolute atomic E-state index is 0.260. The summed E-state index contributed by atoms with van der Waals surface area (Å²) in [5.41, 5.74) is 5.53. The molecule has 0 radical (unpaired) electrons. The molecular formula is C8H14N2O2. The molecule has 68 valence electrons. The van der Waals surface area contributed by atoms with Gasteiger partial charge >= 0.3 is 0 Å². The van der Waals surface area contributed by atoms with Crippen LogP contribution in [0.5, 0.6) is 0 Å². The number of allylic oxidation sites excluding steroid dienone is 1. The van der Waals surface area contributed by atoms with E-state index < -0.39 is 11.9 Å². The third kappa shape index (κ3) is 3.18. The van der Waals surface area contributed by atoms with Crippen molar-refractivity contribution in [2.24, 2.45) is 5.73 Å². The molecular weight excluding hydrogens is 156 g/mol. The van der Waals surface area contributed by atoms with Gasteiger partial charge in [-0.1, -0.05) is 6.08 Å². The lowest BCUT2D eigenvalue weighted by atomic mass is 10.2. The maximum absolute atomic E-state index is 11.1. The molecule has 1 unspecified atom stereocenters. The molecule has 3 N–H and O–H groups in total. The molecule has 0 aliphatic rings. The molecule has 0 bridgehead atoms. The average Bonchev–Trinajstić information content (AvgIpc) is 2.02. The van der Waals surface area contributed by atoms with Crippen LogP contribution in [0.25, 0.3) is 0 Å². The van der Waals surface area contributed by atoms with Gasteiger partial charge < -0.3 is 11.1 Å². The summed E-state index contributed by atoms with van der Waals surface area (Å²) >= 11 is 0. The van der Waals surface area contributed by atoms with Gasteiger partial charge in [-0.15, -0.1) is 0 Å². The second-order valence-corrected chi connectivity index (χ2v) is 2.57. The van der Waals surface area contributed by atoms with E-state index in [0.29, 0.717) is 5.57 Å². The summed E-state index contributed by atoms with van der Waals surface area (Å²) < 4.78 is 0. The Balaban J connectivity index is 4.11. The van der Waals surface area contributed by atoms with Gasteiger partial charge in [0.05, 0.1) is 0 Å². The number of hydrogen-bond acceptors (Lipinski definition) is 2. The zero-order chi connectivity index (χ0) is 9.72. The number of carbonyl (C=O) groups is 2. The highest BCUT2D eigenvalue weighted by atomic mass is 16.2. The lowest BCUT2D eigenvalue weighted by Gasteiger charge is -2.09. The molecule has 0 aromatic heterocycles. The van der Waals surface area contributed by atoms with Crippen LogP contribution in [0.1, 0.15) is 20.8 Å². The van der Waals surface area contributed by atoms with Crippen molar-refractivity contribution >= 4 is 11.8 Å². The Labute approximate surface area is 71.8 Å². The fourth-order valence-electron chi connectivity index (χ4n) is 0.513. The number of primary amides is 1. The SMILES string of the molecule is C/C=C(/C)C(=O)NC(C)C(N)=O. The Morgan fingerprint density at radius 2 is 2.00 bits per heavy atom. The molecule has 0 aliphatic carbocycles. The number of amides is 2. The molecule has 0 aliphatic heterocycles. The van der Waals surface area contributed by atoms with Crippen LogP contribution in [0.3, 0.4) is 0 Å². The fraction of sp³-hybridized carbons (Fsp3) is 0.500. The first-order valence-corrected chi connectivity index (χ1v) is 3.72. The van der Waals surface area contributed by atoms with Crippen molar-refractivity contribution in [1.82, 2.24) is 5.32 Å². The summed E-state index contributed by atoms with van der Waals surface area (Å²) in [4.78, 5) is 21.6. The Morgan fingerprint density at radius 1 is 1.50 bits per heavy atom. The highest BCUT2D eigenvalue weighted by molar-refractivity contribution is 5.95. The Hall–Kier alpha value is -1.32. The molecule has 0 fully saturated rings. The first kappa shape index (κ1) is 10.7. The molecule has 0 saturated carbocycles. The van der Waals surface area contributed by atoms with E-state index in [1.807, 2.05) is 0 Å². The van der Waals surface area contributed by atoms with Gasteiger partial charge in [0.1, 0.15) is 6.04 Å². The number of hydrogen-bond donors (Lipinski definition) is 2. The Bertz CT molecular complexity index is 221. The Kier molecular flexibility index (Phi) is 4.04. The van der Waals surface area contributed by atoms with E-state index in [4.69, 9.17) is 5.73 Å². The van der Waals surface area contributed by atoms with E-state index >= 15 is 0 Å². The lowest BCUT2D eigenvalue weighted by Crippen LogP contribution is -2.42. The van der Waals surface area contributed by atoms with Crippen molar-refractivity contribution < 1.29 is 9.59 Å². The first-order valence-electron chi connectivity index (χ1n) is 3.72. The Morgan fingerprint density at radius 3 is 2.33 bits per heavy atom. The summed E-state index contributed by atoms with van der Waals surface area (Å²) in [6, 6.07) is -0.618. The van der Waals surface area contributed by atoms with Crippen LogP contribution in [-0.4, -0.2) is 17.9 Å². The normalized spacial score (nSPS) is 13.8. The summed E-state index contributed by atoms with van der Waals surface area (Å²) in [6.45, 7) is 4.97. The molecule has 0 saturated heterocycles. The third-order valence-electron chi connectivity index (χ3n) is 1.57. The topological polar surface area (TPSA) is 72.2 Å². The van der Waals surface area contributed by atoms with Gasteiger partial charge in [-0.25, -0.2) is 0 Å². The summed E-state index contributed by atoms with van der Waals surface area (Å²) in [7, 11) is 0. The summed E-state index contributed by atoms with van der Waals surface area (Å²) in [5.74, 6) is -0.795. The van der Waals surface area contributed by atoms with Crippen molar-refractivity contribution in [2.75, 3.05) is 0 Å². The van der Waals surface area contributed by atoms with E-state index in [1.54, 1.807) is 26.8 Å². The van der Waals surface area contributed by atoms with Crippen molar-refractivity contribution in [2.45, 2.75) is 26.8 Å². The average molecular weight is 170 g/mol. The fourth-order valence-corrected chi connectivity index (χ4v) is 0.513. The number of nitrogens with one attached hydrogen (secondary N) is 1. The smallest absolute Gasteiger partial charge is 0.247 e. The minimum Gasteiger partial charge on any atom is -0.368 e. The van der Waals surface area contributed by atoms with Crippen LogP contribution in [0.4, 0.5) is 0 Å². The highest BCUT2D eigenvalue weighted by Gasteiger charge is 2.11. The molecule has 12 heavy (non-hydrogen) atoms. The number of carbonyl (C=O) groups excluding carboxylic acids is 2. The van der Waals surface area contributed by atoms with E-state index in [2.05, 4.69) is 5.32 Å². The van der Waals surface area contributed by atoms with Gasteiger partial charge in [-0.05, 0) is 20.8 Å². The molecule has 2 amide bonds. The monoisotopic (exact) mass is 170 g/mol. The number of rotatable bonds is 3. The van der Waals surface area contributed by atoms with Gasteiger partial charge in [-0.2, -0.15) is 0 Å². The standard InChI is InChI=1S/C8H14N2O2/c1-4-5(2)8(12)10-6(3)7(9)11/h4,6H,1-3H3,(H2,9,11)(H,10,12)/b5-4-. The van der Waals surface area contributed by atoms with Crippen LogP contribution in [-0.2, 0) is 9.59 Å². The van der Waals surface area contributed by atoms with Crippen LogP contribution >= 0.6 is 0 Å². The zero-order valence-electron chi connectivity index (χ0n) is 7.55. The van der Waals surface area contributed by atoms with Gasteiger partial charge in [-0.3, -0.25) is 9.59 Å². The predicted octanol–water partition coefficient (Wildman–Crippen LogP) is -0.0574. The molecule has 0 spiro atoms. The lowest BCUT2D eigenvalue weighted by molar-refractivity contribution is -0.124. The van der Waals surface area contributed by atoms with Gasteiger partial charge in [0, 0.05) is 5.57 Å². The van der Waals surface area contributed by atoms with Gasteiger partial charge in [0.15, 0.2) is 0 Å². The molecule has 0 aromatic carbocycles. The summed E-state index contributed by atoms with van der Waals surface area (Å²) in [6.07, 6.45) is 1.67. The van der Waals surface area contributed by atoms with Crippen molar-refractivity contribution in [3.63, 3.8) is 0 Å². The van der Waals surface area contributed by atoms with Gasteiger partial charge in [0.25, 0.3) is 0 Å². The maximum atomic E-state index is 11.1. The van der Waals surface area contributed by atoms with E-state index in [0.717, 1.165) is 0 Å². The van der Waals surface area contributed by atoms with Crippen LogP contribution in [0.15, 0.2) is 11.6 Å². The third-order valence-corrected chi connectivity index (χ3v) is 1.57. The second kappa shape index (κ2) is 4.54. The maximum Gasteiger partial charge on any atom is 0.247 e. The highest BCUT2D eigenvalue weighted by Crippen LogP contribution is 1.92. The number of nitrogens with two attached hydrogens (primary N) is 1. The zero-order valence-corrected chi connectivity index (χ0v) is 7.55. The van der Waals surface area contributed by atoms with E-state index in [1.165, 1.54) is 0 Å². The van der Waals surface area contributed by atoms with Crippen molar-refractivity contribution in [1.29, 1.82) is 0 Å². The van der Waals surface area contributed by atoms with Crippen molar-refractivity contribution in [3.05, 3.63) is 11.6 Å². The molecule has 4 nitrogen and oxygen atoms in total. The summed E-state index contributed by atoms with van der Waals surface area (Å²) in [5, 5.41) is 2.45. The van der Waals surface area contributed by atoms with Crippen molar-refractivity contribution in [3.8, 4) is 0 Å². The van der Waals surface area contributed by atoms with Crippen LogP contribution in [0.2, 0.25) is 0 Å². The van der Waals surface area contributed by atoms with E-state index in [-0.39, 0.29) is 5.91 Å². The molecule has 0 heterocycles. The van der Waals surface area contributed by atoms with Crippen LogP contribution in [0, 0.1) is 0 Å². The minimum atomic E-state index is -0.618. The molecule has 0 rings (SSSR count). The largest absolute Gasteiger partial charge is 0.368 e. The molecule has 0 aromatic rings. The van der Waals surface area contributed by atoms with Crippen LogP contribution < -0.4 is 11.1 Å². The predicted molar refractivity (Wildman–Crippen MR) is 46.2 cm³/mol. The quantitative estimate of drug-likeness (QED) is 0.582. The van der Waals surface area contributed by atoms with Gasteiger partial charge in [0.2, 0.25) is 11.8 Å². The van der Waals surface area contributed by atoms with E-state index in [9.17, 15) is 9.59 Å². The molecule has 1 atom stereocenters. The first-order chi connectivity index (χ1) is 5.49. The molecule has 4 heteroatoms. The second-order valence-electron chi connectivity index (χ2n) is 2.57.